The number of pyridine rings is 1. The monoisotopic (exact) mass is 363 g/mol. The topological polar surface area (TPSA) is 22.1 Å². The summed E-state index contributed by atoms with van der Waals surface area (Å²) in [5.74, 6) is 2.48. The number of nitrogens with zero attached hydrogens (tertiary/aromatic N) is 1. The minimum atomic E-state index is 0.329. The Morgan fingerprint density at radius 1 is 1.04 bits per heavy atom. The summed E-state index contributed by atoms with van der Waals surface area (Å²) in [5.41, 5.74) is 5.37. The van der Waals surface area contributed by atoms with Gasteiger partial charge in [-0.1, -0.05) is 37.6 Å². The number of rotatable bonds is 2. The number of hydrogen-bond donors (Lipinski definition) is 0. The van der Waals surface area contributed by atoms with Crippen LogP contribution in [0.25, 0.3) is 5.57 Å². The summed E-state index contributed by atoms with van der Waals surface area (Å²) in [6, 6.07) is 4.34. The van der Waals surface area contributed by atoms with Gasteiger partial charge >= 0.3 is 0 Å². The molecule has 2 nitrogen and oxygen atoms in total. The van der Waals surface area contributed by atoms with Crippen molar-refractivity contribution < 1.29 is 4.74 Å². The number of aromatic nitrogens is 1. The lowest BCUT2D eigenvalue weighted by Gasteiger charge is -2.58. The highest BCUT2D eigenvalue weighted by atomic mass is 16.5. The molecule has 1 heterocycles. The molecule has 0 spiro atoms. The lowest BCUT2D eigenvalue weighted by Crippen LogP contribution is -2.49. The highest BCUT2D eigenvalue weighted by molar-refractivity contribution is 5.72. The average Bonchev–Trinajstić information content (AvgIpc) is 3.05. The largest absolute Gasteiger partial charge is 0.381 e. The van der Waals surface area contributed by atoms with Gasteiger partial charge in [0.15, 0.2) is 0 Å². The first-order valence-corrected chi connectivity index (χ1v) is 10.9. The second kappa shape index (κ2) is 6.30. The average molecular weight is 364 g/mol. The lowest BCUT2D eigenvalue weighted by atomic mass is 9.47. The minimum absolute atomic E-state index is 0.329. The van der Waals surface area contributed by atoms with Crippen molar-refractivity contribution >= 4 is 5.57 Å². The van der Waals surface area contributed by atoms with Crippen molar-refractivity contribution in [3.8, 4) is 0 Å². The van der Waals surface area contributed by atoms with E-state index in [1.165, 1.54) is 44.1 Å². The summed E-state index contributed by atoms with van der Waals surface area (Å²) in [6.45, 7) is 5.12. The van der Waals surface area contributed by atoms with Gasteiger partial charge in [0.25, 0.3) is 0 Å². The third-order valence-electron chi connectivity index (χ3n) is 8.95. The van der Waals surface area contributed by atoms with Gasteiger partial charge in [-0.05, 0) is 90.7 Å². The maximum absolute atomic E-state index is 5.71. The van der Waals surface area contributed by atoms with Crippen LogP contribution in [-0.2, 0) is 4.74 Å². The third-order valence-corrected chi connectivity index (χ3v) is 8.95. The number of hydrogen-bond acceptors (Lipinski definition) is 2. The highest BCUT2D eigenvalue weighted by Gasteiger charge is 2.56. The smallest absolute Gasteiger partial charge is 0.0608 e. The Balaban J connectivity index is 1.45. The predicted molar refractivity (Wildman–Crippen MR) is 110 cm³/mol. The van der Waals surface area contributed by atoms with Gasteiger partial charge < -0.3 is 4.74 Å². The fourth-order valence-electron chi connectivity index (χ4n) is 7.37. The van der Waals surface area contributed by atoms with Crippen molar-refractivity contribution in [3.05, 3.63) is 47.8 Å². The molecule has 2 saturated carbocycles. The number of methoxy groups -OCH3 is 1. The zero-order chi connectivity index (χ0) is 18.6. The molecule has 0 radical (unpaired) electrons. The van der Waals surface area contributed by atoms with Gasteiger partial charge in [-0.2, -0.15) is 0 Å². The Labute approximate surface area is 164 Å². The molecule has 0 amide bonds. The van der Waals surface area contributed by atoms with Crippen molar-refractivity contribution in [2.45, 2.75) is 64.9 Å². The molecule has 0 saturated heterocycles. The van der Waals surface area contributed by atoms with Gasteiger partial charge in [0, 0.05) is 19.5 Å². The molecule has 0 bridgehead atoms. The number of allylic oxidation sites excluding steroid dienone is 3. The van der Waals surface area contributed by atoms with E-state index in [1.807, 2.05) is 13.3 Å². The minimum Gasteiger partial charge on any atom is -0.381 e. The Morgan fingerprint density at radius 2 is 1.89 bits per heavy atom. The van der Waals surface area contributed by atoms with Crippen molar-refractivity contribution in [2.75, 3.05) is 7.11 Å². The van der Waals surface area contributed by atoms with Crippen molar-refractivity contribution in [1.82, 2.24) is 4.98 Å². The predicted octanol–water partition coefficient (Wildman–Crippen LogP) is 6.05. The van der Waals surface area contributed by atoms with Gasteiger partial charge in [-0.15, -0.1) is 0 Å². The standard InChI is InChI=1S/C25H33NO/c1-24-12-10-19(27-3)15-18(24)6-7-20-22-9-8-21(17-5-4-14-26-16-17)25(22,2)13-11-23(20)24/h4-6,8,14,16,19-20,22-23H,7,9-13,15H2,1-3H3/t19?,20-,22-,23-,24-,25+/m0/s1. The molecule has 1 unspecified atom stereocenters. The van der Waals surface area contributed by atoms with Gasteiger partial charge in [0.1, 0.15) is 0 Å². The fraction of sp³-hybridized carbons (Fsp3) is 0.640. The van der Waals surface area contributed by atoms with Gasteiger partial charge in [-0.3, -0.25) is 4.98 Å². The number of ether oxygens (including phenoxy) is 1. The van der Waals surface area contributed by atoms with Crippen LogP contribution in [0.15, 0.2) is 42.3 Å². The van der Waals surface area contributed by atoms with Crippen molar-refractivity contribution in [1.29, 1.82) is 0 Å². The third kappa shape index (κ3) is 2.52. The van der Waals surface area contributed by atoms with Crippen molar-refractivity contribution in [2.24, 2.45) is 28.6 Å². The van der Waals surface area contributed by atoms with Crippen LogP contribution < -0.4 is 0 Å². The van der Waals surface area contributed by atoms with E-state index in [1.54, 1.807) is 11.1 Å². The van der Waals surface area contributed by atoms with E-state index in [-0.39, 0.29) is 0 Å². The van der Waals surface area contributed by atoms with E-state index in [4.69, 9.17) is 4.74 Å². The summed E-state index contributed by atoms with van der Waals surface area (Å²) in [7, 11) is 1.88. The molecule has 2 fully saturated rings. The molecular formula is C25H33NO. The normalized spacial score (nSPS) is 43.2. The van der Waals surface area contributed by atoms with Crippen LogP contribution in [0, 0.1) is 28.6 Å². The molecule has 2 heteroatoms. The second-order valence-corrected chi connectivity index (χ2v) is 9.91. The molecule has 1 aromatic rings. The van der Waals surface area contributed by atoms with Crippen molar-refractivity contribution in [3.63, 3.8) is 0 Å². The maximum Gasteiger partial charge on any atom is 0.0608 e. The van der Waals surface area contributed by atoms with Crippen LogP contribution in [0.3, 0.4) is 0 Å². The Morgan fingerprint density at radius 3 is 2.67 bits per heavy atom. The molecule has 0 N–H and O–H groups in total. The fourth-order valence-corrected chi connectivity index (χ4v) is 7.37. The lowest BCUT2D eigenvalue weighted by molar-refractivity contribution is -0.0301. The summed E-state index contributed by atoms with van der Waals surface area (Å²) in [6.07, 6.45) is 18.5. The molecule has 4 aliphatic carbocycles. The first-order chi connectivity index (χ1) is 13.1. The molecule has 144 valence electrons. The zero-order valence-electron chi connectivity index (χ0n) is 17.1. The van der Waals surface area contributed by atoms with Gasteiger partial charge in [0.2, 0.25) is 0 Å². The quantitative estimate of drug-likeness (QED) is 0.596. The molecule has 0 aromatic carbocycles. The number of fused-ring (bicyclic) bond motifs is 5. The van der Waals surface area contributed by atoms with E-state index in [2.05, 4.69) is 49.3 Å². The second-order valence-electron chi connectivity index (χ2n) is 9.91. The molecule has 27 heavy (non-hydrogen) atoms. The van der Waals surface area contributed by atoms with E-state index in [9.17, 15) is 0 Å². The van der Waals surface area contributed by atoms with E-state index in [0.29, 0.717) is 16.9 Å². The van der Waals surface area contributed by atoms with Crippen LogP contribution >= 0.6 is 0 Å². The maximum atomic E-state index is 5.71. The Hall–Kier alpha value is -1.41. The molecule has 1 aromatic heterocycles. The first-order valence-electron chi connectivity index (χ1n) is 10.9. The summed E-state index contributed by atoms with van der Waals surface area (Å²) in [5, 5.41) is 0. The highest BCUT2D eigenvalue weighted by Crippen LogP contribution is 2.66. The molecule has 0 aliphatic heterocycles. The Bertz CT molecular complexity index is 781. The molecular weight excluding hydrogens is 330 g/mol. The summed E-state index contributed by atoms with van der Waals surface area (Å²) >= 11 is 0. The van der Waals surface area contributed by atoms with E-state index < -0.39 is 0 Å². The first kappa shape index (κ1) is 17.7. The Kier molecular flexibility index (Phi) is 4.13. The van der Waals surface area contributed by atoms with Gasteiger partial charge in [-0.25, -0.2) is 0 Å². The van der Waals surface area contributed by atoms with Crippen LogP contribution in [-0.4, -0.2) is 18.2 Å². The molecule has 5 rings (SSSR count). The van der Waals surface area contributed by atoms with Gasteiger partial charge in [0.05, 0.1) is 6.10 Å². The zero-order valence-corrected chi connectivity index (χ0v) is 17.1. The van der Waals surface area contributed by atoms with Crippen LogP contribution in [0.1, 0.15) is 64.4 Å². The molecule has 6 atom stereocenters. The van der Waals surface area contributed by atoms with E-state index >= 15 is 0 Å². The molecule has 4 aliphatic rings. The summed E-state index contributed by atoms with van der Waals surface area (Å²) in [4.78, 5) is 4.40. The van der Waals surface area contributed by atoms with Crippen LogP contribution in [0.5, 0.6) is 0 Å². The summed E-state index contributed by atoms with van der Waals surface area (Å²) < 4.78 is 5.71. The van der Waals surface area contributed by atoms with Crippen LogP contribution in [0.4, 0.5) is 0 Å². The SMILES string of the molecule is COC1CC[C@@]2(C)C(=CC[C@@H]3[C@@H]2CC[C@]2(C)C(c4cccnc4)=CC[C@@H]32)C1. The van der Waals surface area contributed by atoms with Crippen LogP contribution in [0.2, 0.25) is 0 Å². The van der Waals surface area contributed by atoms with E-state index in [0.717, 1.165) is 24.2 Å².